The van der Waals surface area contributed by atoms with Crippen LogP contribution in [0.3, 0.4) is 0 Å². The predicted molar refractivity (Wildman–Crippen MR) is 65.5 cm³/mol. The van der Waals surface area contributed by atoms with Crippen molar-refractivity contribution >= 4 is 6.03 Å². The van der Waals surface area contributed by atoms with E-state index in [1.165, 1.54) is 38.5 Å². The third-order valence-electron chi connectivity index (χ3n) is 3.61. The Bertz CT molecular complexity index is 232. The summed E-state index contributed by atoms with van der Waals surface area (Å²) in [4.78, 5) is 16.5. The average Bonchev–Trinajstić information content (AvgIpc) is 3.15. The zero-order valence-corrected chi connectivity index (χ0v) is 10.5. The molecule has 1 aliphatic carbocycles. The van der Waals surface area contributed by atoms with Crippen molar-refractivity contribution in [1.29, 1.82) is 0 Å². The molecule has 1 saturated carbocycles. The molecule has 3 heteroatoms. The summed E-state index contributed by atoms with van der Waals surface area (Å²) in [6.07, 6.45) is 8.46. The van der Waals surface area contributed by atoms with Crippen molar-refractivity contribution in [3.63, 3.8) is 0 Å². The molecule has 0 bridgehead atoms. The molecule has 0 aromatic rings. The van der Waals surface area contributed by atoms with Gasteiger partial charge in [-0.05, 0) is 38.5 Å². The number of nitrogens with zero attached hydrogens (tertiary/aromatic N) is 2. The number of unbranched alkanes of at least 4 members (excludes halogenated alkanes) is 1. The molecule has 2 rings (SSSR count). The first-order valence-electron chi connectivity index (χ1n) is 6.88. The Morgan fingerprint density at radius 2 is 1.94 bits per heavy atom. The summed E-state index contributed by atoms with van der Waals surface area (Å²) >= 11 is 0. The van der Waals surface area contributed by atoms with Gasteiger partial charge >= 0.3 is 6.03 Å². The van der Waals surface area contributed by atoms with E-state index in [1.807, 2.05) is 0 Å². The highest BCUT2D eigenvalue weighted by atomic mass is 16.2. The van der Waals surface area contributed by atoms with Gasteiger partial charge in [-0.2, -0.15) is 0 Å². The van der Waals surface area contributed by atoms with Crippen molar-refractivity contribution in [2.45, 2.75) is 57.9 Å². The van der Waals surface area contributed by atoms with E-state index in [0.29, 0.717) is 12.1 Å². The van der Waals surface area contributed by atoms with Crippen molar-refractivity contribution in [2.75, 3.05) is 19.6 Å². The highest BCUT2D eigenvalue weighted by Crippen LogP contribution is 2.28. The summed E-state index contributed by atoms with van der Waals surface area (Å²) in [6.45, 7) is 5.12. The predicted octanol–water partition coefficient (Wildman–Crippen LogP) is 2.86. The first kappa shape index (κ1) is 11.7. The lowest BCUT2D eigenvalue weighted by Gasteiger charge is -2.33. The number of hydrogen-bond acceptors (Lipinski definition) is 1. The third kappa shape index (κ3) is 2.89. The van der Waals surface area contributed by atoms with Crippen molar-refractivity contribution in [1.82, 2.24) is 9.80 Å². The highest BCUT2D eigenvalue weighted by molar-refractivity contribution is 5.75. The van der Waals surface area contributed by atoms with Crippen LogP contribution in [0.1, 0.15) is 51.9 Å². The molecule has 92 valence electrons. The molecule has 0 radical (unpaired) electrons. The maximum atomic E-state index is 12.3. The Morgan fingerprint density at radius 3 is 2.50 bits per heavy atom. The van der Waals surface area contributed by atoms with E-state index in [9.17, 15) is 4.79 Å². The molecule has 2 fully saturated rings. The Morgan fingerprint density at radius 1 is 1.25 bits per heavy atom. The van der Waals surface area contributed by atoms with Gasteiger partial charge in [0.15, 0.2) is 0 Å². The number of likely N-dealkylation sites (tertiary alicyclic amines) is 1. The molecular formula is C13H24N2O. The monoisotopic (exact) mass is 224 g/mol. The maximum absolute atomic E-state index is 12.3. The minimum atomic E-state index is 0.315. The van der Waals surface area contributed by atoms with E-state index in [2.05, 4.69) is 16.7 Å². The number of carbonyl (C=O) groups is 1. The first-order chi connectivity index (χ1) is 7.83. The molecule has 1 aliphatic heterocycles. The molecule has 0 unspecified atom stereocenters. The first-order valence-corrected chi connectivity index (χ1v) is 6.88. The number of piperidine rings is 1. The van der Waals surface area contributed by atoms with Gasteiger partial charge < -0.3 is 9.80 Å². The van der Waals surface area contributed by atoms with Crippen LogP contribution in [0.4, 0.5) is 4.79 Å². The van der Waals surface area contributed by atoms with Crippen LogP contribution in [0.25, 0.3) is 0 Å². The van der Waals surface area contributed by atoms with Crippen LogP contribution < -0.4 is 0 Å². The Hall–Kier alpha value is -0.730. The summed E-state index contributed by atoms with van der Waals surface area (Å²) < 4.78 is 0. The third-order valence-corrected chi connectivity index (χ3v) is 3.61. The molecule has 1 saturated heterocycles. The molecular weight excluding hydrogens is 200 g/mol. The Kier molecular flexibility index (Phi) is 4.08. The van der Waals surface area contributed by atoms with Gasteiger partial charge in [-0.1, -0.05) is 13.3 Å². The number of urea groups is 1. The second-order valence-electron chi connectivity index (χ2n) is 5.11. The van der Waals surface area contributed by atoms with Crippen molar-refractivity contribution in [3.8, 4) is 0 Å². The van der Waals surface area contributed by atoms with Gasteiger partial charge in [-0.15, -0.1) is 0 Å². The molecule has 16 heavy (non-hydrogen) atoms. The molecule has 0 N–H and O–H groups in total. The standard InChI is InChI=1S/C13H24N2O/c1-2-3-11-15(12-7-8-12)13(16)14-9-5-4-6-10-14/h12H,2-11H2,1H3. The largest absolute Gasteiger partial charge is 0.325 e. The van der Waals surface area contributed by atoms with E-state index in [-0.39, 0.29) is 0 Å². The fraction of sp³-hybridized carbons (Fsp3) is 0.923. The van der Waals surface area contributed by atoms with Crippen LogP contribution >= 0.6 is 0 Å². The van der Waals surface area contributed by atoms with Crippen LogP contribution in [0.5, 0.6) is 0 Å². The smallest absolute Gasteiger partial charge is 0.320 e. The SMILES string of the molecule is CCCCN(C(=O)N1CCCCC1)C1CC1. The van der Waals surface area contributed by atoms with Gasteiger partial charge in [0, 0.05) is 25.7 Å². The van der Waals surface area contributed by atoms with Gasteiger partial charge in [0.1, 0.15) is 0 Å². The van der Waals surface area contributed by atoms with Gasteiger partial charge in [0.25, 0.3) is 0 Å². The topological polar surface area (TPSA) is 23.6 Å². The van der Waals surface area contributed by atoms with E-state index in [4.69, 9.17) is 0 Å². The molecule has 0 aromatic heterocycles. The molecule has 3 nitrogen and oxygen atoms in total. The van der Waals surface area contributed by atoms with Crippen LogP contribution in [0.15, 0.2) is 0 Å². The Labute approximate surface area is 98.8 Å². The van der Waals surface area contributed by atoms with Crippen LogP contribution in [-0.2, 0) is 0 Å². The lowest BCUT2D eigenvalue weighted by Crippen LogP contribution is -2.46. The van der Waals surface area contributed by atoms with E-state index >= 15 is 0 Å². The maximum Gasteiger partial charge on any atom is 0.320 e. The highest BCUT2D eigenvalue weighted by Gasteiger charge is 2.34. The summed E-state index contributed by atoms with van der Waals surface area (Å²) in [6, 6.07) is 0.886. The van der Waals surface area contributed by atoms with E-state index in [1.54, 1.807) is 0 Å². The summed E-state index contributed by atoms with van der Waals surface area (Å²) in [5, 5.41) is 0. The second-order valence-corrected chi connectivity index (χ2v) is 5.11. The number of hydrogen-bond donors (Lipinski definition) is 0. The van der Waals surface area contributed by atoms with Crippen LogP contribution in [0, 0.1) is 0 Å². The average molecular weight is 224 g/mol. The normalized spacial score (nSPS) is 20.9. The molecule has 0 aromatic carbocycles. The van der Waals surface area contributed by atoms with Gasteiger partial charge in [-0.3, -0.25) is 0 Å². The molecule has 1 heterocycles. The van der Waals surface area contributed by atoms with E-state index in [0.717, 1.165) is 26.1 Å². The van der Waals surface area contributed by atoms with Crippen molar-refractivity contribution in [3.05, 3.63) is 0 Å². The molecule has 2 amide bonds. The minimum Gasteiger partial charge on any atom is -0.325 e. The zero-order chi connectivity index (χ0) is 11.4. The second kappa shape index (κ2) is 5.55. The van der Waals surface area contributed by atoms with Gasteiger partial charge in [0.05, 0.1) is 0 Å². The van der Waals surface area contributed by atoms with Crippen LogP contribution in [-0.4, -0.2) is 41.5 Å². The molecule has 2 aliphatic rings. The lowest BCUT2D eigenvalue weighted by atomic mass is 10.1. The molecule has 0 spiro atoms. The van der Waals surface area contributed by atoms with Crippen molar-refractivity contribution < 1.29 is 4.79 Å². The van der Waals surface area contributed by atoms with Gasteiger partial charge in [-0.25, -0.2) is 4.79 Å². The summed E-state index contributed by atoms with van der Waals surface area (Å²) in [7, 11) is 0. The minimum absolute atomic E-state index is 0.315. The quantitative estimate of drug-likeness (QED) is 0.720. The summed E-state index contributed by atoms with van der Waals surface area (Å²) in [5.74, 6) is 0. The number of rotatable bonds is 4. The zero-order valence-electron chi connectivity index (χ0n) is 10.5. The van der Waals surface area contributed by atoms with Crippen LogP contribution in [0.2, 0.25) is 0 Å². The number of carbonyl (C=O) groups excluding carboxylic acids is 1. The van der Waals surface area contributed by atoms with Crippen molar-refractivity contribution in [2.24, 2.45) is 0 Å². The Balaban J connectivity index is 1.87. The van der Waals surface area contributed by atoms with Gasteiger partial charge in [0.2, 0.25) is 0 Å². The molecule has 0 atom stereocenters. The fourth-order valence-corrected chi connectivity index (χ4v) is 2.42. The number of amides is 2. The summed E-state index contributed by atoms with van der Waals surface area (Å²) in [5.41, 5.74) is 0. The fourth-order valence-electron chi connectivity index (χ4n) is 2.42. The lowest BCUT2D eigenvalue weighted by molar-refractivity contribution is 0.140. The van der Waals surface area contributed by atoms with E-state index < -0.39 is 0 Å².